The summed E-state index contributed by atoms with van der Waals surface area (Å²) < 4.78 is 34.4. The molecule has 9 heteroatoms. The number of rotatable bonds is 1. The van der Waals surface area contributed by atoms with Gasteiger partial charge in [0.15, 0.2) is 5.58 Å². The topological polar surface area (TPSA) is 76.8 Å². The standard InChI is InChI=1S/C16H17Cl2NO5S/c1-16(2,3)24-15(20)19-5-4-13-11(8-19)10-6-9(25(18,21)22)7-12(17)14(10)23-13/h6-7H,4-5,8H2,1-3H3. The van der Waals surface area contributed by atoms with Gasteiger partial charge in [0.2, 0.25) is 0 Å². The summed E-state index contributed by atoms with van der Waals surface area (Å²) in [6.45, 7) is 6.08. The fourth-order valence-electron chi connectivity index (χ4n) is 2.74. The highest BCUT2D eigenvalue weighted by molar-refractivity contribution is 8.13. The van der Waals surface area contributed by atoms with Crippen molar-refractivity contribution in [3.05, 3.63) is 28.5 Å². The molecule has 3 rings (SSSR count). The van der Waals surface area contributed by atoms with Crippen LogP contribution in [0.4, 0.5) is 4.79 Å². The lowest BCUT2D eigenvalue weighted by Gasteiger charge is -2.29. The zero-order valence-corrected chi connectivity index (χ0v) is 16.3. The Hall–Kier alpha value is -1.44. The van der Waals surface area contributed by atoms with Crippen molar-refractivity contribution in [3.63, 3.8) is 0 Å². The maximum absolute atomic E-state index is 12.3. The fraction of sp³-hybridized carbons (Fsp3) is 0.438. The van der Waals surface area contributed by atoms with E-state index in [0.29, 0.717) is 29.7 Å². The Bertz CT molecular complexity index is 959. The molecular weight excluding hydrogens is 389 g/mol. The Balaban J connectivity index is 2.02. The molecule has 0 radical (unpaired) electrons. The maximum atomic E-state index is 12.3. The average molecular weight is 406 g/mol. The number of hydrogen-bond acceptors (Lipinski definition) is 5. The van der Waals surface area contributed by atoms with E-state index in [9.17, 15) is 13.2 Å². The number of hydrogen-bond donors (Lipinski definition) is 0. The molecule has 1 amide bonds. The van der Waals surface area contributed by atoms with Crippen LogP contribution in [0.3, 0.4) is 0 Å². The summed E-state index contributed by atoms with van der Waals surface area (Å²) in [7, 11) is 1.50. The second-order valence-electron chi connectivity index (χ2n) is 6.88. The first-order valence-corrected chi connectivity index (χ1v) is 10.3. The van der Waals surface area contributed by atoms with Crippen LogP contribution in [-0.2, 0) is 26.8 Å². The van der Waals surface area contributed by atoms with Crippen molar-refractivity contribution in [3.8, 4) is 0 Å². The third kappa shape index (κ3) is 3.73. The smallest absolute Gasteiger partial charge is 0.410 e. The van der Waals surface area contributed by atoms with Crippen molar-refractivity contribution >= 4 is 48.4 Å². The molecule has 0 saturated carbocycles. The molecule has 0 N–H and O–H groups in total. The zero-order valence-electron chi connectivity index (χ0n) is 13.9. The number of benzene rings is 1. The number of ether oxygens (including phenoxy) is 1. The Kier molecular flexibility index (Phi) is 4.46. The molecular formula is C16H17Cl2NO5S. The minimum absolute atomic E-state index is 0.107. The molecule has 0 atom stereocenters. The highest BCUT2D eigenvalue weighted by atomic mass is 35.7. The molecule has 1 aliphatic rings. The number of carbonyl (C=O) groups excluding carboxylic acids is 1. The van der Waals surface area contributed by atoms with E-state index in [1.54, 1.807) is 25.7 Å². The van der Waals surface area contributed by atoms with Crippen LogP contribution >= 0.6 is 22.3 Å². The first-order valence-electron chi connectivity index (χ1n) is 7.62. The molecule has 0 fully saturated rings. The molecule has 2 heterocycles. The van der Waals surface area contributed by atoms with Gasteiger partial charge in [-0.1, -0.05) is 11.6 Å². The van der Waals surface area contributed by atoms with E-state index < -0.39 is 20.7 Å². The van der Waals surface area contributed by atoms with Gasteiger partial charge >= 0.3 is 6.09 Å². The third-order valence-corrected chi connectivity index (χ3v) is 5.41. The predicted octanol–water partition coefficient (Wildman–Crippen LogP) is 4.31. The van der Waals surface area contributed by atoms with Gasteiger partial charge in [-0.2, -0.15) is 0 Å². The Morgan fingerprint density at radius 1 is 1.32 bits per heavy atom. The van der Waals surface area contributed by atoms with Crippen LogP contribution in [-0.4, -0.2) is 31.6 Å². The van der Waals surface area contributed by atoms with E-state index in [0.717, 1.165) is 5.56 Å². The van der Waals surface area contributed by atoms with Crippen molar-refractivity contribution in [2.75, 3.05) is 6.54 Å². The van der Waals surface area contributed by atoms with Gasteiger partial charge in [0.05, 0.1) is 16.5 Å². The van der Waals surface area contributed by atoms with Gasteiger partial charge in [-0.05, 0) is 32.9 Å². The van der Waals surface area contributed by atoms with Gasteiger partial charge in [0, 0.05) is 34.6 Å². The maximum Gasteiger partial charge on any atom is 0.410 e. The summed E-state index contributed by atoms with van der Waals surface area (Å²) >= 11 is 6.15. The fourth-order valence-corrected chi connectivity index (χ4v) is 3.84. The molecule has 1 aromatic heterocycles. The summed E-state index contributed by atoms with van der Waals surface area (Å²) in [6, 6.07) is 2.68. The minimum Gasteiger partial charge on any atom is -0.459 e. The third-order valence-electron chi connectivity index (χ3n) is 3.80. The quantitative estimate of drug-likeness (QED) is 0.660. The predicted molar refractivity (Wildman–Crippen MR) is 94.6 cm³/mol. The van der Waals surface area contributed by atoms with E-state index in [1.807, 2.05) is 0 Å². The number of furan rings is 1. The van der Waals surface area contributed by atoms with Gasteiger partial charge in [-0.25, -0.2) is 13.2 Å². The van der Waals surface area contributed by atoms with Crippen LogP contribution < -0.4 is 0 Å². The molecule has 0 spiro atoms. The van der Waals surface area contributed by atoms with Crippen molar-refractivity contribution in [1.82, 2.24) is 4.90 Å². The number of halogens is 2. The molecule has 6 nitrogen and oxygen atoms in total. The van der Waals surface area contributed by atoms with Gasteiger partial charge in [-0.3, -0.25) is 0 Å². The van der Waals surface area contributed by atoms with Crippen LogP contribution in [0.15, 0.2) is 21.4 Å². The number of fused-ring (bicyclic) bond motifs is 3. The molecule has 2 aromatic rings. The SMILES string of the molecule is CC(C)(C)OC(=O)N1CCc2oc3c(Cl)cc(S(=O)(=O)Cl)cc3c2C1. The second-order valence-corrected chi connectivity index (χ2v) is 9.85. The lowest BCUT2D eigenvalue weighted by molar-refractivity contribution is 0.0220. The van der Waals surface area contributed by atoms with Gasteiger partial charge in [-0.15, -0.1) is 0 Å². The van der Waals surface area contributed by atoms with Crippen molar-refractivity contribution in [2.45, 2.75) is 44.2 Å². The molecule has 0 bridgehead atoms. The van der Waals surface area contributed by atoms with Crippen LogP contribution in [0, 0.1) is 0 Å². The van der Waals surface area contributed by atoms with Crippen LogP contribution in [0.2, 0.25) is 5.02 Å². The molecule has 0 unspecified atom stereocenters. The Morgan fingerprint density at radius 3 is 2.60 bits per heavy atom. The van der Waals surface area contributed by atoms with Crippen molar-refractivity contribution in [1.29, 1.82) is 0 Å². The zero-order chi connectivity index (χ0) is 18.6. The lowest BCUT2D eigenvalue weighted by atomic mass is 10.1. The first kappa shape index (κ1) is 18.4. The average Bonchev–Trinajstić information content (AvgIpc) is 2.83. The molecule has 0 saturated heterocycles. The highest BCUT2D eigenvalue weighted by Gasteiger charge is 2.30. The van der Waals surface area contributed by atoms with Gasteiger partial charge in [0.25, 0.3) is 9.05 Å². The van der Waals surface area contributed by atoms with Gasteiger partial charge in [0.1, 0.15) is 11.4 Å². The Labute approximate surface area is 155 Å². The van der Waals surface area contributed by atoms with Crippen LogP contribution in [0.5, 0.6) is 0 Å². The summed E-state index contributed by atoms with van der Waals surface area (Å²) in [5.74, 6) is 0.681. The first-order chi connectivity index (χ1) is 11.5. The van der Waals surface area contributed by atoms with Crippen LogP contribution in [0.25, 0.3) is 11.0 Å². The van der Waals surface area contributed by atoms with Gasteiger partial charge < -0.3 is 14.1 Å². The monoisotopic (exact) mass is 405 g/mol. The molecule has 0 aliphatic carbocycles. The summed E-state index contributed by atoms with van der Waals surface area (Å²) in [4.78, 5) is 13.8. The molecule has 1 aliphatic heterocycles. The minimum atomic E-state index is -3.93. The summed E-state index contributed by atoms with van der Waals surface area (Å²) in [5, 5.41) is 0.699. The van der Waals surface area contributed by atoms with Crippen LogP contribution in [0.1, 0.15) is 32.1 Å². The van der Waals surface area contributed by atoms with Crippen molar-refractivity contribution in [2.24, 2.45) is 0 Å². The van der Waals surface area contributed by atoms with E-state index >= 15 is 0 Å². The molecule has 25 heavy (non-hydrogen) atoms. The van der Waals surface area contributed by atoms with E-state index in [4.69, 9.17) is 31.4 Å². The second kappa shape index (κ2) is 6.07. The lowest BCUT2D eigenvalue weighted by Crippen LogP contribution is -2.39. The van der Waals surface area contributed by atoms with E-state index in [2.05, 4.69) is 0 Å². The Morgan fingerprint density at radius 2 is 2.00 bits per heavy atom. The normalized spacial score (nSPS) is 15.3. The number of amides is 1. The summed E-state index contributed by atoms with van der Waals surface area (Å²) in [5.41, 5.74) is 0.511. The molecule has 136 valence electrons. The number of carbonyl (C=O) groups is 1. The van der Waals surface area contributed by atoms with E-state index in [1.165, 1.54) is 12.1 Å². The van der Waals surface area contributed by atoms with Crippen molar-refractivity contribution < 1.29 is 22.4 Å². The van der Waals surface area contributed by atoms with E-state index in [-0.39, 0.29) is 16.5 Å². The summed E-state index contributed by atoms with van der Waals surface area (Å²) in [6.07, 6.45) is 0.0578. The molecule has 1 aromatic carbocycles. The largest absolute Gasteiger partial charge is 0.459 e. The number of nitrogens with zero attached hydrogens (tertiary/aromatic N) is 1. The highest BCUT2D eigenvalue weighted by Crippen LogP contribution is 2.37.